The number of aliphatic hydroxyl groups is 4. The molecule has 0 amide bonds. The number of Topliss-reactive ketones (excluding diaryl/α,β-unsaturated/α-hetero) is 2. The van der Waals surface area contributed by atoms with Crippen LogP contribution in [0.3, 0.4) is 0 Å². The molecule has 1 aliphatic heterocycles. The number of hydrogen-bond donors (Lipinski definition) is 4. The Morgan fingerprint density at radius 3 is 2.50 bits per heavy atom. The standard InChI is InChI=1S/C22H24O10/c1-2-31-21(10-12-6-3-4-8-14(12)24)22(30,20(29)18(27)16(11-23)32-21)19(28)13-7-5-9-15(25)17(13)26/h3-9,12,16,18,20,23,27,29-30H,2,10-11H2,1H3/t12?,16-,18-,20+,21-,22-/m1/s1. The molecule has 0 aromatic rings. The third-order valence-electron chi connectivity index (χ3n) is 5.75. The summed E-state index contributed by atoms with van der Waals surface area (Å²) in [5.41, 5.74) is -3.84. The first kappa shape index (κ1) is 24.1. The summed E-state index contributed by atoms with van der Waals surface area (Å²) >= 11 is 0. The van der Waals surface area contributed by atoms with Crippen molar-refractivity contribution in [1.29, 1.82) is 0 Å². The van der Waals surface area contributed by atoms with Crippen molar-refractivity contribution in [1.82, 2.24) is 0 Å². The number of ether oxygens (including phenoxy) is 2. The van der Waals surface area contributed by atoms with Crippen LogP contribution in [0.2, 0.25) is 0 Å². The van der Waals surface area contributed by atoms with Gasteiger partial charge in [0.2, 0.25) is 28.7 Å². The number of ketones is 4. The van der Waals surface area contributed by atoms with Crippen molar-refractivity contribution in [3.8, 4) is 0 Å². The van der Waals surface area contributed by atoms with Gasteiger partial charge >= 0.3 is 0 Å². The molecule has 32 heavy (non-hydrogen) atoms. The zero-order chi connectivity index (χ0) is 23.7. The molecule has 0 aromatic heterocycles. The van der Waals surface area contributed by atoms with Crippen LogP contribution in [0.15, 0.2) is 48.1 Å². The van der Waals surface area contributed by atoms with Gasteiger partial charge in [-0.05, 0) is 25.2 Å². The smallest absolute Gasteiger partial charge is 0.236 e. The molecule has 10 heteroatoms. The van der Waals surface area contributed by atoms with Gasteiger partial charge in [-0.2, -0.15) is 0 Å². The molecule has 0 aromatic carbocycles. The van der Waals surface area contributed by atoms with Crippen LogP contribution in [0.5, 0.6) is 0 Å². The van der Waals surface area contributed by atoms with E-state index in [1.165, 1.54) is 25.2 Å². The van der Waals surface area contributed by atoms with Crippen LogP contribution in [-0.4, -0.2) is 86.5 Å². The van der Waals surface area contributed by atoms with Crippen LogP contribution in [0, 0.1) is 5.92 Å². The summed E-state index contributed by atoms with van der Waals surface area (Å²) in [6.45, 7) is 0.508. The van der Waals surface area contributed by atoms with Crippen LogP contribution < -0.4 is 0 Å². The third-order valence-corrected chi connectivity index (χ3v) is 5.75. The second-order valence-electron chi connectivity index (χ2n) is 7.65. The normalized spacial score (nSPS) is 37.0. The predicted octanol–water partition coefficient (Wildman–Crippen LogP) is -1.53. The summed E-state index contributed by atoms with van der Waals surface area (Å²) in [7, 11) is 0. The number of rotatable bonds is 7. The summed E-state index contributed by atoms with van der Waals surface area (Å²) in [6, 6.07) is 0. The Labute approximate surface area is 183 Å². The maximum absolute atomic E-state index is 13.5. The fourth-order valence-electron chi connectivity index (χ4n) is 4.10. The van der Waals surface area contributed by atoms with Gasteiger partial charge < -0.3 is 29.9 Å². The number of carbonyl (C=O) groups is 4. The molecule has 1 saturated heterocycles. The van der Waals surface area contributed by atoms with Crippen LogP contribution in [0.1, 0.15) is 13.3 Å². The van der Waals surface area contributed by atoms with E-state index >= 15 is 0 Å². The molecule has 0 saturated carbocycles. The van der Waals surface area contributed by atoms with E-state index in [0.717, 1.165) is 18.2 Å². The molecule has 0 spiro atoms. The quantitative estimate of drug-likeness (QED) is 0.204. The zero-order valence-corrected chi connectivity index (χ0v) is 17.2. The molecular weight excluding hydrogens is 424 g/mol. The average molecular weight is 448 g/mol. The van der Waals surface area contributed by atoms with Gasteiger partial charge in [0.15, 0.2) is 5.78 Å². The van der Waals surface area contributed by atoms with Crippen molar-refractivity contribution < 1.29 is 49.1 Å². The van der Waals surface area contributed by atoms with Crippen LogP contribution in [-0.2, 0) is 28.7 Å². The minimum absolute atomic E-state index is 0.178. The van der Waals surface area contributed by atoms with Gasteiger partial charge in [-0.3, -0.25) is 19.2 Å². The van der Waals surface area contributed by atoms with Crippen molar-refractivity contribution in [2.24, 2.45) is 5.92 Å². The summed E-state index contributed by atoms with van der Waals surface area (Å²) in [4.78, 5) is 50.0. The van der Waals surface area contributed by atoms with Gasteiger partial charge in [-0.1, -0.05) is 24.3 Å². The van der Waals surface area contributed by atoms with Crippen molar-refractivity contribution in [2.75, 3.05) is 13.2 Å². The fourth-order valence-corrected chi connectivity index (χ4v) is 4.10. The summed E-state index contributed by atoms with van der Waals surface area (Å²) in [6.07, 6.45) is 2.61. The van der Waals surface area contributed by atoms with E-state index in [9.17, 15) is 39.6 Å². The molecule has 0 radical (unpaired) electrons. The Kier molecular flexibility index (Phi) is 6.84. The lowest BCUT2D eigenvalue weighted by atomic mass is 9.70. The number of hydrogen-bond acceptors (Lipinski definition) is 10. The van der Waals surface area contributed by atoms with Crippen molar-refractivity contribution in [2.45, 2.75) is 43.0 Å². The minimum Gasteiger partial charge on any atom is -0.394 e. The van der Waals surface area contributed by atoms with Crippen molar-refractivity contribution in [3.05, 3.63) is 48.1 Å². The van der Waals surface area contributed by atoms with E-state index < -0.39 is 77.4 Å². The molecule has 1 fully saturated rings. The first-order chi connectivity index (χ1) is 15.1. The summed E-state index contributed by atoms with van der Waals surface area (Å²) < 4.78 is 11.3. The van der Waals surface area contributed by atoms with Gasteiger partial charge in [0, 0.05) is 18.9 Å². The third kappa shape index (κ3) is 3.75. The molecule has 3 aliphatic rings. The Morgan fingerprint density at radius 2 is 1.88 bits per heavy atom. The van der Waals surface area contributed by atoms with Gasteiger partial charge in [0.25, 0.3) is 0 Å². The lowest BCUT2D eigenvalue weighted by molar-refractivity contribution is -0.390. The highest BCUT2D eigenvalue weighted by molar-refractivity contribution is 6.54. The maximum atomic E-state index is 13.5. The summed E-state index contributed by atoms with van der Waals surface area (Å²) in [5, 5.41) is 42.6. The Balaban J connectivity index is 2.16. The first-order valence-electron chi connectivity index (χ1n) is 10.0. The van der Waals surface area contributed by atoms with Crippen molar-refractivity contribution >= 4 is 23.1 Å². The van der Waals surface area contributed by atoms with E-state index in [1.54, 1.807) is 6.08 Å². The highest BCUT2D eigenvalue weighted by atomic mass is 16.7. The highest BCUT2D eigenvalue weighted by Gasteiger charge is 2.69. The van der Waals surface area contributed by atoms with Crippen LogP contribution in [0.4, 0.5) is 0 Å². The van der Waals surface area contributed by atoms with Gasteiger partial charge in [0.1, 0.15) is 18.3 Å². The van der Waals surface area contributed by atoms with Crippen molar-refractivity contribution in [3.63, 3.8) is 0 Å². The van der Waals surface area contributed by atoms with E-state index in [-0.39, 0.29) is 6.61 Å². The zero-order valence-electron chi connectivity index (χ0n) is 17.2. The Hall–Kier alpha value is -2.60. The van der Waals surface area contributed by atoms with Crippen LogP contribution in [0.25, 0.3) is 0 Å². The number of carbonyl (C=O) groups excluding carboxylic acids is 4. The van der Waals surface area contributed by atoms with Gasteiger partial charge in [-0.15, -0.1) is 0 Å². The summed E-state index contributed by atoms with van der Waals surface area (Å²) in [5.74, 6) is -7.47. The second kappa shape index (κ2) is 9.10. The molecule has 172 valence electrons. The molecule has 10 nitrogen and oxygen atoms in total. The first-order valence-corrected chi connectivity index (χ1v) is 10.0. The largest absolute Gasteiger partial charge is 0.394 e. The molecule has 3 rings (SSSR count). The Bertz CT molecular complexity index is 944. The Morgan fingerprint density at radius 1 is 1.16 bits per heavy atom. The highest BCUT2D eigenvalue weighted by Crippen LogP contribution is 2.46. The maximum Gasteiger partial charge on any atom is 0.236 e. The SMILES string of the molecule is CCO[C@]1(CC2C=CC=CC2=O)O[C@H](CO)[C@@H](O)[C@H](O)[C@]1(O)C(=O)C1=CC=CC(=O)C1=O. The lowest BCUT2D eigenvalue weighted by Crippen LogP contribution is -2.77. The molecule has 0 bridgehead atoms. The van der Waals surface area contributed by atoms with E-state index in [0.29, 0.717) is 0 Å². The number of aliphatic hydroxyl groups excluding tert-OH is 3. The lowest BCUT2D eigenvalue weighted by Gasteiger charge is -2.54. The average Bonchev–Trinajstić information content (AvgIpc) is 2.78. The van der Waals surface area contributed by atoms with Crippen LogP contribution >= 0.6 is 0 Å². The molecular formula is C22H24O10. The predicted molar refractivity (Wildman–Crippen MR) is 107 cm³/mol. The minimum atomic E-state index is -3.10. The second-order valence-corrected chi connectivity index (χ2v) is 7.65. The molecule has 4 N–H and O–H groups in total. The van der Waals surface area contributed by atoms with E-state index in [2.05, 4.69) is 0 Å². The monoisotopic (exact) mass is 448 g/mol. The molecule has 6 atom stereocenters. The molecule has 2 aliphatic carbocycles. The van der Waals surface area contributed by atoms with Gasteiger partial charge in [0.05, 0.1) is 12.2 Å². The fraction of sp³-hybridized carbons (Fsp3) is 0.455. The van der Waals surface area contributed by atoms with E-state index in [4.69, 9.17) is 9.47 Å². The van der Waals surface area contributed by atoms with Gasteiger partial charge in [-0.25, -0.2) is 0 Å². The molecule has 1 heterocycles. The molecule has 1 unspecified atom stereocenters. The van der Waals surface area contributed by atoms with E-state index in [1.807, 2.05) is 0 Å². The number of allylic oxidation sites excluding steroid dienone is 7. The topological polar surface area (TPSA) is 168 Å².